The lowest BCUT2D eigenvalue weighted by molar-refractivity contribution is 0.0616. The predicted molar refractivity (Wildman–Crippen MR) is 100 cm³/mol. The van der Waals surface area contributed by atoms with Crippen LogP contribution in [-0.2, 0) is 6.42 Å². The average molecular weight is 409 g/mol. The highest BCUT2D eigenvalue weighted by Crippen LogP contribution is 2.40. The minimum Gasteiger partial charge on any atom is -0.494 e. The first-order valence-electron chi connectivity index (χ1n) is 8.26. The highest BCUT2D eigenvalue weighted by atomic mass is 35.5. The molecule has 1 aliphatic heterocycles. The number of aromatic nitrogens is 3. The molecule has 0 spiro atoms. The summed E-state index contributed by atoms with van der Waals surface area (Å²) in [4.78, 5) is 25.6. The summed E-state index contributed by atoms with van der Waals surface area (Å²) in [6, 6.07) is 2.71. The number of ether oxygens (including phenoxy) is 1. The van der Waals surface area contributed by atoms with Crippen LogP contribution in [0, 0.1) is 0 Å². The fourth-order valence-corrected chi connectivity index (χ4v) is 3.83. The van der Waals surface area contributed by atoms with Gasteiger partial charge >= 0.3 is 0 Å². The van der Waals surface area contributed by atoms with Gasteiger partial charge in [0.25, 0.3) is 5.91 Å². The molecule has 1 amide bonds. The molecule has 1 aromatic carbocycles. The number of halogens is 3. The molecule has 2 aromatic heterocycles. The number of aromatic amines is 1. The highest BCUT2D eigenvalue weighted by Gasteiger charge is 2.35. The van der Waals surface area contributed by atoms with Gasteiger partial charge in [0.2, 0.25) is 5.82 Å². The van der Waals surface area contributed by atoms with Crippen LogP contribution in [0.25, 0.3) is 10.9 Å². The number of nitrogens with zero attached hydrogens (tertiary/aromatic N) is 3. The molecule has 4 rings (SSSR count). The minimum atomic E-state index is -0.752. The van der Waals surface area contributed by atoms with Crippen LogP contribution in [0.2, 0.25) is 10.0 Å². The average Bonchev–Trinajstić information content (AvgIpc) is 3.09. The molecular formula is C18H15Cl2FN4O2. The van der Waals surface area contributed by atoms with Crippen molar-refractivity contribution in [2.75, 3.05) is 20.3 Å². The number of alkyl halides is 1. The van der Waals surface area contributed by atoms with Crippen molar-refractivity contribution in [2.45, 2.75) is 12.5 Å². The van der Waals surface area contributed by atoms with E-state index in [-0.39, 0.29) is 5.82 Å². The molecule has 0 radical (unpaired) electrons. The standard InChI is InChI=1S/C18H15Cl2FN4O2/c1-27-9-7-22-17(23-8-9)18(26)25-5-4-12-14(13(25)6-21)10-2-3-11(19)15(20)16(10)24-12/h2-3,7-8,13,24H,4-6H2,1H3/t13-/m0/s1. The highest BCUT2D eigenvalue weighted by molar-refractivity contribution is 6.45. The Bertz CT molecular complexity index is 1020. The number of nitrogens with one attached hydrogen (secondary N) is 1. The number of H-pyrrole nitrogens is 1. The van der Waals surface area contributed by atoms with Crippen LogP contribution in [0.4, 0.5) is 4.39 Å². The fraction of sp³-hybridized carbons (Fsp3) is 0.278. The second-order valence-electron chi connectivity index (χ2n) is 6.17. The van der Waals surface area contributed by atoms with Crippen molar-refractivity contribution >= 4 is 40.0 Å². The molecule has 0 unspecified atom stereocenters. The Morgan fingerprint density at radius 1 is 1.37 bits per heavy atom. The first-order valence-corrected chi connectivity index (χ1v) is 9.02. The third-order valence-electron chi connectivity index (χ3n) is 4.76. The zero-order valence-electron chi connectivity index (χ0n) is 14.3. The second kappa shape index (κ2) is 6.98. The maximum Gasteiger partial charge on any atom is 0.292 e. The van der Waals surface area contributed by atoms with E-state index in [1.165, 1.54) is 24.4 Å². The van der Waals surface area contributed by atoms with E-state index in [0.29, 0.717) is 34.3 Å². The summed E-state index contributed by atoms with van der Waals surface area (Å²) in [6.45, 7) is -0.393. The van der Waals surface area contributed by atoms with Crippen molar-refractivity contribution in [1.29, 1.82) is 0 Å². The van der Waals surface area contributed by atoms with Crippen LogP contribution in [0.3, 0.4) is 0 Å². The van der Waals surface area contributed by atoms with Gasteiger partial charge in [-0.3, -0.25) is 4.79 Å². The molecule has 140 valence electrons. The van der Waals surface area contributed by atoms with E-state index >= 15 is 0 Å². The van der Waals surface area contributed by atoms with Crippen LogP contribution in [0.15, 0.2) is 24.5 Å². The van der Waals surface area contributed by atoms with Gasteiger partial charge in [-0.15, -0.1) is 0 Å². The summed E-state index contributed by atoms with van der Waals surface area (Å²) >= 11 is 12.4. The number of carbonyl (C=O) groups is 1. The molecule has 3 heterocycles. The maximum absolute atomic E-state index is 14.1. The lowest BCUT2D eigenvalue weighted by Crippen LogP contribution is -2.41. The minimum absolute atomic E-state index is 0.00128. The number of hydrogen-bond acceptors (Lipinski definition) is 4. The molecule has 0 aliphatic carbocycles. The van der Waals surface area contributed by atoms with Crippen LogP contribution in [0.5, 0.6) is 5.75 Å². The summed E-state index contributed by atoms with van der Waals surface area (Å²) in [5.41, 5.74) is 2.23. The third kappa shape index (κ3) is 2.91. The van der Waals surface area contributed by atoms with E-state index in [2.05, 4.69) is 15.0 Å². The van der Waals surface area contributed by atoms with Gasteiger partial charge in [0.05, 0.1) is 41.1 Å². The molecule has 0 bridgehead atoms. The molecule has 1 aliphatic rings. The Kier molecular flexibility index (Phi) is 4.65. The maximum atomic E-state index is 14.1. The molecule has 0 saturated heterocycles. The van der Waals surface area contributed by atoms with Gasteiger partial charge in [-0.05, 0) is 6.07 Å². The number of fused-ring (bicyclic) bond motifs is 3. The molecule has 1 atom stereocenters. The Labute approximate surface area is 164 Å². The normalized spacial score (nSPS) is 16.4. The Morgan fingerprint density at radius 3 is 2.78 bits per heavy atom. The molecule has 9 heteroatoms. The topological polar surface area (TPSA) is 71.1 Å². The zero-order chi connectivity index (χ0) is 19.1. The molecule has 0 saturated carbocycles. The van der Waals surface area contributed by atoms with E-state index in [4.69, 9.17) is 27.9 Å². The van der Waals surface area contributed by atoms with Crippen molar-refractivity contribution in [2.24, 2.45) is 0 Å². The number of hydrogen-bond donors (Lipinski definition) is 1. The largest absolute Gasteiger partial charge is 0.494 e. The smallest absolute Gasteiger partial charge is 0.292 e. The number of rotatable bonds is 3. The molecule has 1 N–H and O–H groups in total. The van der Waals surface area contributed by atoms with E-state index in [1.54, 1.807) is 12.1 Å². The van der Waals surface area contributed by atoms with Crippen molar-refractivity contribution < 1.29 is 13.9 Å². The molecule has 6 nitrogen and oxygen atoms in total. The van der Waals surface area contributed by atoms with Gasteiger partial charge in [-0.1, -0.05) is 29.3 Å². The van der Waals surface area contributed by atoms with E-state index in [0.717, 1.165) is 16.6 Å². The van der Waals surface area contributed by atoms with Crippen molar-refractivity contribution in [1.82, 2.24) is 19.9 Å². The quantitative estimate of drug-likeness (QED) is 0.711. The van der Waals surface area contributed by atoms with Crippen LogP contribution in [0.1, 0.15) is 27.9 Å². The Hall–Kier alpha value is -2.38. The summed E-state index contributed by atoms with van der Waals surface area (Å²) in [7, 11) is 1.49. The summed E-state index contributed by atoms with van der Waals surface area (Å²) < 4.78 is 19.1. The lowest BCUT2D eigenvalue weighted by atomic mass is 9.96. The zero-order valence-corrected chi connectivity index (χ0v) is 15.8. The predicted octanol–water partition coefficient (Wildman–Crippen LogP) is 3.98. The molecule has 3 aromatic rings. The summed E-state index contributed by atoms with van der Waals surface area (Å²) in [5, 5.41) is 1.56. The number of carbonyl (C=O) groups excluding carboxylic acids is 1. The van der Waals surface area contributed by atoms with Gasteiger partial charge in [0.15, 0.2) is 5.75 Å². The van der Waals surface area contributed by atoms with Crippen molar-refractivity contribution in [3.05, 3.63) is 51.7 Å². The van der Waals surface area contributed by atoms with Crippen molar-refractivity contribution in [3.63, 3.8) is 0 Å². The second-order valence-corrected chi connectivity index (χ2v) is 6.95. The number of benzene rings is 1. The lowest BCUT2D eigenvalue weighted by Gasteiger charge is -2.34. The molecular weight excluding hydrogens is 394 g/mol. The van der Waals surface area contributed by atoms with Gasteiger partial charge in [0, 0.05) is 29.6 Å². The first kappa shape index (κ1) is 18.0. The Balaban J connectivity index is 1.75. The van der Waals surface area contributed by atoms with Crippen LogP contribution < -0.4 is 4.74 Å². The molecule has 0 fully saturated rings. The van der Waals surface area contributed by atoms with Gasteiger partial charge in [0.1, 0.15) is 6.67 Å². The van der Waals surface area contributed by atoms with Crippen molar-refractivity contribution in [3.8, 4) is 5.75 Å². The van der Waals surface area contributed by atoms with E-state index in [9.17, 15) is 9.18 Å². The first-order chi connectivity index (χ1) is 13.0. The monoisotopic (exact) mass is 408 g/mol. The summed E-state index contributed by atoms with van der Waals surface area (Å²) in [5.74, 6) is 0.0108. The van der Waals surface area contributed by atoms with Crippen LogP contribution in [-0.4, -0.2) is 46.1 Å². The van der Waals surface area contributed by atoms with Gasteiger partial charge < -0.3 is 14.6 Å². The number of methoxy groups -OCH3 is 1. The fourth-order valence-electron chi connectivity index (χ4n) is 3.46. The van der Waals surface area contributed by atoms with E-state index in [1.807, 2.05) is 0 Å². The third-order valence-corrected chi connectivity index (χ3v) is 5.56. The molecule has 27 heavy (non-hydrogen) atoms. The van der Waals surface area contributed by atoms with Crippen LogP contribution >= 0.6 is 23.2 Å². The van der Waals surface area contributed by atoms with E-state index < -0.39 is 18.6 Å². The SMILES string of the molecule is COc1cnc(C(=O)N2CCc3[nH]c4c(Cl)c(Cl)ccc4c3[C@@H]2CF)nc1. The van der Waals surface area contributed by atoms with Gasteiger partial charge in [-0.25, -0.2) is 14.4 Å². The van der Waals surface area contributed by atoms with Gasteiger partial charge in [-0.2, -0.15) is 0 Å². The Morgan fingerprint density at radius 2 is 2.11 bits per heavy atom. The number of amides is 1. The summed E-state index contributed by atoms with van der Waals surface area (Å²) in [6.07, 6.45) is 3.36.